The van der Waals surface area contributed by atoms with Gasteiger partial charge in [0.25, 0.3) is 0 Å². The molecule has 0 radical (unpaired) electrons. The molecular formula is C6H13NO. The lowest BCUT2D eigenvalue weighted by Gasteiger charge is -2.05. The minimum Gasteiger partial charge on any atom is -0.395 e. The molecule has 2 N–H and O–H groups in total. The van der Waals surface area contributed by atoms with E-state index >= 15 is 0 Å². The first-order chi connectivity index (χ1) is 3.83. The molecule has 8 heavy (non-hydrogen) atoms. The molecule has 0 unspecified atom stereocenters. The van der Waals surface area contributed by atoms with Gasteiger partial charge in [0.15, 0.2) is 0 Å². The van der Waals surface area contributed by atoms with E-state index in [2.05, 4.69) is 12.2 Å². The molecule has 2 nitrogen and oxygen atoms in total. The van der Waals surface area contributed by atoms with Crippen molar-refractivity contribution in [2.75, 3.05) is 6.61 Å². The fraction of sp³-hybridized carbons (Fsp3) is 1.00. The van der Waals surface area contributed by atoms with Crippen LogP contribution in [0.2, 0.25) is 0 Å². The van der Waals surface area contributed by atoms with Crippen LogP contribution in [0.1, 0.15) is 19.8 Å². The van der Waals surface area contributed by atoms with Gasteiger partial charge in [0.2, 0.25) is 0 Å². The molecule has 48 valence electrons. The summed E-state index contributed by atoms with van der Waals surface area (Å²) in [7, 11) is 0. The Hall–Kier alpha value is -0.0800. The minimum atomic E-state index is 0.296. The Morgan fingerprint density at radius 1 is 1.62 bits per heavy atom. The van der Waals surface area contributed by atoms with Crippen molar-refractivity contribution in [2.45, 2.75) is 31.8 Å². The van der Waals surface area contributed by atoms with Crippen molar-refractivity contribution in [1.29, 1.82) is 0 Å². The van der Waals surface area contributed by atoms with Crippen molar-refractivity contribution >= 4 is 0 Å². The third kappa shape index (κ3) is 1.20. The quantitative estimate of drug-likeness (QED) is 0.508. The first-order valence-corrected chi connectivity index (χ1v) is 3.20. The van der Waals surface area contributed by atoms with E-state index in [1.54, 1.807) is 0 Å². The van der Waals surface area contributed by atoms with Crippen molar-refractivity contribution in [2.24, 2.45) is 0 Å². The summed E-state index contributed by atoms with van der Waals surface area (Å²) in [5, 5.41) is 11.9. The van der Waals surface area contributed by atoms with Gasteiger partial charge in [-0.1, -0.05) is 0 Å². The van der Waals surface area contributed by atoms with Gasteiger partial charge in [-0.05, 0) is 19.8 Å². The molecule has 0 bridgehead atoms. The van der Waals surface area contributed by atoms with Gasteiger partial charge in [0.05, 0.1) is 6.61 Å². The van der Waals surface area contributed by atoms with Crippen LogP contribution in [0.4, 0.5) is 0 Å². The molecule has 0 aromatic rings. The van der Waals surface area contributed by atoms with E-state index in [4.69, 9.17) is 5.11 Å². The van der Waals surface area contributed by atoms with E-state index in [9.17, 15) is 0 Å². The standard InChI is InChI=1S/C6H13NO/c1-5-2-3-6(4-8)7-5/h5-8H,2-4H2,1H3/t5-,6-/m1/s1. The van der Waals surface area contributed by atoms with Crippen molar-refractivity contribution in [1.82, 2.24) is 5.32 Å². The molecule has 0 aromatic carbocycles. The summed E-state index contributed by atoms with van der Waals surface area (Å²) < 4.78 is 0. The zero-order chi connectivity index (χ0) is 5.98. The number of aliphatic hydroxyl groups is 1. The molecule has 1 aliphatic heterocycles. The van der Waals surface area contributed by atoms with Crippen LogP contribution in [-0.2, 0) is 0 Å². The van der Waals surface area contributed by atoms with Gasteiger partial charge in [-0.25, -0.2) is 0 Å². The Balaban J connectivity index is 2.22. The average molecular weight is 115 g/mol. The van der Waals surface area contributed by atoms with E-state index in [0.717, 1.165) is 6.42 Å². The second-order valence-electron chi connectivity index (χ2n) is 2.52. The number of hydrogen-bond donors (Lipinski definition) is 2. The smallest absolute Gasteiger partial charge is 0.0584 e. The van der Waals surface area contributed by atoms with Gasteiger partial charge in [-0.2, -0.15) is 0 Å². The molecule has 0 aromatic heterocycles. The monoisotopic (exact) mass is 115 g/mol. The maximum Gasteiger partial charge on any atom is 0.0584 e. The van der Waals surface area contributed by atoms with Gasteiger partial charge < -0.3 is 10.4 Å². The summed E-state index contributed by atoms with van der Waals surface area (Å²) in [6, 6.07) is 0.997. The van der Waals surface area contributed by atoms with Crippen molar-refractivity contribution in [3.63, 3.8) is 0 Å². The molecule has 1 saturated heterocycles. The van der Waals surface area contributed by atoms with Crippen LogP contribution in [0.25, 0.3) is 0 Å². The molecule has 0 saturated carbocycles. The number of aliphatic hydroxyl groups excluding tert-OH is 1. The van der Waals surface area contributed by atoms with Crippen molar-refractivity contribution < 1.29 is 5.11 Å². The van der Waals surface area contributed by atoms with Crippen LogP contribution < -0.4 is 5.32 Å². The molecule has 1 aliphatic rings. The van der Waals surface area contributed by atoms with Gasteiger partial charge >= 0.3 is 0 Å². The van der Waals surface area contributed by atoms with Crippen LogP contribution in [0, 0.1) is 0 Å². The zero-order valence-corrected chi connectivity index (χ0v) is 5.22. The lowest BCUT2D eigenvalue weighted by Crippen LogP contribution is -2.29. The SMILES string of the molecule is C[C@@H]1CC[C@H](CO)N1. The first-order valence-electron chi connectivity index (χ1n) is 3.20. The van der Waals surface area contributed by atoms with E-state index in [-0.39, 0.29) is 0 Å². The predicted molar refractivity (Wildman–Crippen MR) is 32.7 cm³/mol. The number of hydrogen-bond acceptors (Lipinski definition) is 2. The summed E-state index contributed by atoms with van der Waals surface area (Å²) in [5.74, 6) is 0. The highest BCUT2D eigenvalue weighted by Crippen LogP contribution is 2.09. The molecule has 0 spiro atoms. The van der Waals surface area contributed by atoms with Gasteiger partial charge in [-0.15, -0.1) is 0 Å². The van der Waals surface area contributed by atoms with E-state index in [1.807, 2.05) is 0 Å². The van der Waals surface area contributed by atoms with Crippen LogP contribution in [0.3, 0.4) is 0 Å². The van der Waals surface area contributed by atoms with Crippen molar-refractivity contribution in [3.8, 4) is 0 Å². The second-order valence-corrected chi connectivity index (χ2v) is 2.52. The summed E-state index contributed by atoms with van der Waals surface area (Å²) in [6.45, 7) is 2.44. The number of rotatable bonds is 1. The highest BCUT2D eigenvalue weighted by atomic mass is 16.3. The molecule has 1 rings (SSSR count). The minimum absolute atomic E-state index is 0.296. The highest BCUT2D eigenvalue weighted by Gasteiger charge is 2.18. The largest absolute Gasteiger partial charge is 0.395 e. The Labute approximate surface area is 49.9 Å². The summed E-state index contributed by atoms with van der Waals surface area (Å²) in [5.41, 5.74) is 0. The molecule has 2 heteroatoms. The summed E-state index contributed by atoms with van der Waals surface area (Å²) in [4.78, 5) is 0. The first kappa shape index (κ1) is 6.05. The Kier molecular flexibility index (Phi) is 1.86. The fourth-order valence-corrected chi connectivity index (χ4v) is 1.16. The van der Waals surface area contributed by atoms with Gasteiger partial charge in [0, 0.05) is 12.1 Å². The van der Waals surface area contributed by atoms with Gasteiger partial charge in [-0.3, -0.25) is 0 Å². The summed E-state index contributed by atoms with van der Waals surface area (Å²) >= 11 is 0. The lowest BCUT2D eigenvalue weighted by atomic mass is 10.2. The van der Waals surface area contributed by atoms with Crippen LogP contribution in [0.15, 0.2) is 0 Å². The van der Waals surface area contributed by atoms with Crippen LogP contribution in [-0.4, -0.2) is 23.8 Å². The van der Waals surface area contributed by atoms with E-state index in [0.29, 0.717) is 18.7 Å². The number of nitrogens with one attached hydrogen (secondary N) is 1. The molecule has 0 aliphatic carbocycles. The maximum absolute atomic E-state index is 8.62. The normalized spacial score (nSPS) is 38.2. The van der Waals surface area contributed by atoms with Crippen LogP contribution >= 0.6 is 0 Å². The third-order valence-electron chi connectivity index (χ3n) is 1.69. The highest BCUT2D eigenvalue weighted by molar-refractivity contribution is 4.79. The Morgan fingerprint density at radius 2 is 2.38 bits per heavy atom. The molecule has 0 amide bonds. The molecular weight excluding hydrogens is 102 g/mol. The Morgan fingerprint density at radius 3 is 2.62 bits per heavy atom. The Bertz CT molecular complexity index is 74.9. The summed E-state index contributed by atoms with van der Waals surface area (Å²) in [6.07, 6.45) is 2.35. The topological polar surface area (TPSA) is 32.3 Å². The lowest BCUT2D eigenvalue weighted by molar-refractivity contribution is 0.252. The van der Waals surface area contributed by atoms with E-state index in [1.165, 1.54) is 6.42 Å². The molecule has 1 heterocycles. The average Bonchev–Trinajstić information content (AvgIpc) is 2.14. The van der Waals surface area contributed by atoms with E-state index < -0.39 is 0 Å². The molecule has 2 atom stereocenters. The molecule has 1 fully saturated rings. The zero-order valence-electron chi connectivity index (χ0n) is 5.22. The predicted octanol–water partition coefficient (Wildman–Crippen LogP) is 0.119. The maximum atomic E-state index is 8.62. The second kappa shape index (κ2) is 2.46. The van der Waals surface area contributed by atoms with Crippen LogP contribution in [0.5, 0.6) is 0 Å². The third-order valence-corrected chi connectivity index (χ3v) is 1.69. The van der Waals surface area contributed by atoms with Gasteiger partial charge in [0.1, 0.15) is 0 Å². The fourth-order valence-electron chi connectivity index (χ4n) is 1.16. The van der Waals surface area contributed by atoms with Crippen molar-refractivity contribution in [3.05, 3.63) is 0 Å².